The van der Waals surface area contributed by atoms with Gasteiger partial charge in [0.1, 0.15) is 0 Å². The summed E-state index contributed by atoms with van der Waals surface area (Å²) in [5.41, 5.74) is 4.71. The molecular weight excluding hydrogens is 322 g/mol. The first-order chi connectivity index (χ1) is 11.3. The lowest BCUT2D eigenvalue weighted by Gasteiger charge is -2.23. The Morgan fingerprint density at radius 3 is 2.43 bits per heavy atom. The van der Waals surface area contributed by atoms with E-state index in [1.807, 2.05) is 42.2 Å². The van der Waals surface area contributed by atoms with Crippen molar-refractivity contribution >= 4 is 28.9 Å². The van der Waals surface area contributed by atoms with Crippen LogP contribution in [0.4, 0.5) is 0 Å². The van der Waals surface area contributed by atoms with Gasteiger partial charge in [0.15, 0.2) is 0 Å². The van der Waals surface area contributed by atoms with Gasteiger partial charge >= 0.3 is 0 Å². The largest absolute Gasteiger partial charge is 0.255 e. The van der Waals surface area contributed by atoms with Gasteiger partial charge in [0.05, 0.1) is 10.9 Å². The predicted molar refractivity (Wildman–Crippen MR) is 97.8 cm³/mol. The van der Waals surface area contributed by atoms with E-state index in [1.54, 1.807) is 0 Å². The first-order valence-corrected chi connectivity index (χ1v) is 8.72. The van der Waals surface area contributed by atoms with E-state index in [0.717, 1.165) is 10.7 Å². The summed E-state index contributed by atoms with van der Waals surface area (Å²) in [5.74, 6) is 0. The van der Waals surface area contributed by atoms with Gasteiger partial charge in [0.2, 0.25) is 0 Å². The summed E-state index contributed by atoms with van der Waals surface area (Å²) in [4.78, 5) is 5.83. The molecule has 0 bridgehead atoms. The molecule has 3 aromatic rings. The molecule has 1 atom stereocenters. The summed E-state index contributed by atoms with van der Waals surface area (Å²) in [6, 6.07) is 22.7. The van der Waals surface area contributed by atoms with Crippen molar-refractivity contribution in [3.05, 3.63) is 101 Å². The maximum absolute atomic E-state index is 6.02. The number of hydrogen-bond donors (Lipinski definition) is 0. The van der Waals surface area contributed by atoms with Crippen molar-refractivity contribution in [2.75, 3.05) is 0 Å². The van der Waals surface area contributed by atoms with Crippen LogP contribution in [0.5, 0.6) is 0 Å². The van der Waals surface area contributed by atoms with E-state index < -0.39 is 0 Å². The van der Waals surface area contributed by atoms with E-state index in [0.29, 0.717) is 0 Å². The van der Waals surface area contributed by atoms with Crippen LogP contribution in [0.25, 0.3) is 5.57 Å². The van der Waals surface area contributed by atoms with Crippen LogP contribution >= 0.6 is 23.4 Å². The number of halogens is 1. The fourth-order valence-corrected chi connectivity index (χ4v) is 4.08. The predicted octanol–water partition coefficient (Wildman–Crippen LogP) is 6.01. The minimum atomic E-state index is 0.263. The van der Waals surface area contributed by atoms with Gasteiger partial charge in [-0.15, -0.1) is 11.8 Å². The van der Waals surface area contributed by atoms with Gasteiger partial charge in [-0.2, -0.15) is 0 Å². The SMILES string of the molecule is Clc1ccc(C2C=C(c3ccccc3)c3ncccc3S2)cc1. The topological polar surface area (TPSA) is 12.9 Å². The third kappa shape index (κ3) is 2.92. The number of aromatic nitrogens is 1. The molecule has 0 saturated heterocycles. The molecule has 0 amide bonds. The van der Waals surface area contributed by atoms with Crippen LogP contribution in [0.3, 0.4) is 0 Å². The Balaban J connectivity index is 1.84. The summed E-state index contributed by atoms with van der Waals surface area (Å²) >= 11 is 7.86. The molecule has 4 rings (SSSR count). The van der Waals surface area contributed by atoms with Crippen LogP contribution in [0.2, 0.25) is 5.02 Å². The van der Waals surface area contributed by atoms with E-state index in [2.05, 4.69) is 53.5 Å². The molecule has 0 radical (unpaired) electrons. The van der Waals surface area contributed by atoms with Crippen molar-refractivity contribution in [3.63, 3.8) is 0 Å². The lowest BCUT2D eigenvalue weighted by atomic mass is 9.98. The molecule has 0 saturated carbocycles. The van der Waals surface area contributed by atoms with Crippen molar-refractivity contribution in [3.8, 4) is 0 Å². The zero-order chi connectivity index (χ0) is 15.6. The molecular formula is C20H14ClNS. The van der Waals surface area contributed by atoms with Gasteiger partial charge in [-0.3, -0.25) is 4.98 Å². The summed E-state index contributed by atoms with van der Waals surface area (Å²) in [6.45, 7) is 0. The summed E-state index contributed by atoms with van der Waals surface area (Å²) < 4.78 is 0. The smallest absolute Gasteiger partial charge is 0.0841 e. The van der Waals surface area contributed by atoms with Crippen LogP contribution in [0.1, 0.15) is 22.1 Å². The highest BCUT2D eigenvalue weighted by Crippen LogP contribution is 2.46. The highest BCUT2D eigenvalue weighted by molar-refractivity contribution is 7.99. The zero-order valence-corrected chi connectivity index (χ0v) is 13.9. The number of thioether (sulfide) groups is 1. The second-order valence-corrected chi connectivity index (χ2v) is 7.01. The maximum atomic E-state index is 6.02. The molecule has 3 heteroatoms. The lowest BCUT2D eigenvalue weighted by molar-refractivity contribution is 1.12. The standard InChI is InChI=1S/C20H14ClNS/c21-16-10-8-15(9-11-16)19-13-17(14-5-2-1-3-6-14)20-18(23-19)7-4-12-22-20/h1-13,19H. The van der Waals surface area contributed by atoms with E-state index in [4.69, 9.17) is 11.6 Å². The summed E-state index contributed by atoms with van der Waals surface area (Å²) in [7, 11) is 0. The molecule has 2 heterocycles. The van der Waals surface area contributed by atoms with E-state index in [9.17, 15) is 0 Å². The van der Waals surface area contributed by atoms with Crippen LogP contribution in [-0.2, 0) is 0 Å². The number of pyridine rings is 1. The molecule has 1 aliphatic rings. The molecule has 0 spiro atoms. The zero-order valence-electron chi connectivity index (χ0n) is 12.3. The van der Waals surface area contributed by atoms with E-state index in [-0.39, 0.29) is 5.25 Å². The molecule has 0 aliphatic carbocycles. The van der Waals surface area contributed by atoms with Crippen LogP contribution in [0.15, 0.2) is 83.9 Å². The Morgan fingerprint density at radius 1 is 0.870 bits per heavy atom. The minimum absolute atomic E-state index is 0.263. The first-order valence-electron chi connectivity index (χ1n) is 7.46. The summed E-state index contributed by atoms with van der Waals surface area (Å²) in [5, 5.41) is 1.03. The van der Waals surface area contributed by atoms with E-state index >= 15 is 0 Å². The average Bonchev–Trinajstić information content (AvgIpc) is 2.62. The van der Waals surface area contributed by atoms with Gasteiger partial charge in [0.25, 0.3) is 0 Å². The van der Waals surface area contributed by atoms with Crippen molar-refractivity contribution in [1.82, 2.24) is 4.98 Å². The normalized spacial score (nSPS) is 16.6. The fourth-order valence-electron chi connectivity index (χ4n) is 2.76. The maximum Gasteiger partial charge on any atom is 0.0841 e. The van der Waals surface area contributed by atoms with Crippen LogP contribution in [0, 0.1) is 0 Å². The lowest BCUT2D eigenvalue weighted by Crippen LogP contribution is -2.03. The average molecular weight is 336 g/mol. The molecule has 1 unspecified atom stereocenters. The van der Waals surface area contributed by atoms with Crippen molar-refractivity contribution in [1.29, 1.82) is 0 Å². The van der Waals surface area contributed by atoms with Gasteiger partial charge < -0.3 is 0 Å². The highest BCUT2D eigenvalue weighted by atomic mass is 35.5. The van der Waals surface area contributed by atoms with Crippen LogP contribution < -0.4 is 0 Å². The monoisotopic (exact) mass is 335 g/mol. The molecule has 0 N–H and O–H groups in total. The molecule has 1 aromatic heterocycles. The molecule has 2 aromatic carbocycles. The number of benzene rings is 2. The molecule has 112 valence electrons. The highest BCUT2D eigenvalue weighted by Gasteiger charge is 2.23. The third-order valence-corrected chi connectivity index (χ3v) is 5.38. The van der Waals surface area contributed by atoms with Crippen molar-refractivity contribution in [2.24, 2.45) is 0 Å². The minimum Gasteiger partial charge on any atom is -0.255 e. The Kier molecular flexibility index (Phi) is 3.94. The number of fused-ring (bicyclic) bond motifs is 1. The Hall–Kier alpha value is -2.03. The quantitative estimate of drug-likeness (QED) is 0.568. The van der Waals surface area contributed by atoms with Gasteiger partial charge in [-0.1, -0.05) is 60.1 Å². The number of nitrogens with zero attached hydrogens (tertiary/aromatic N) is 1. The van der Waals surface area contributed by atoms with E-state index in [1.165, 1.54) is 21.6 Å². The van der Waals surface area contributed by atoms with Gasteiger partial charge in [-0.25, -0.2) is 0 Å². The Bertz CT molecular complexity index is 856. The second kappa shape index (κ2) is 6.23. The molecule has 0 fully saturated rings. The molecule has 23 heavy (non-hydrogen) atoms. The third-order valence-electron chi connectivity index (χ3n) is 3.88. The molecule has 1 aliphatic heterocycles. The number of hydrogen-bond acceptors (Lipinski definition) is 2. The van der Waals surface area contributed by atoms with Gasteiger partial charge in [0, 0.05) is 21.7 Å². The van der Waals surface area contributed by atoms with Crippen molar-refractivity contribution < 1.29 is 0 Å². The Morgan fingerprint density at radius 2 is 1.65 bits per heavy atom. The number of rotatable bonds is 2. The molecule has 1 nitrogen and oxygen atoms in total. The van der Waals surface area contributed by atoms with Crippen molar-refractivity contribution in [2.45, 2.75) is 10.1 Å². The second-order valence-electron chi connectivity index (χ2n) is 5.39. The first kappa shape index (κ1) is 14.6. The van der Waals surface area contributed by atoms with Crippen LogP contribution in [-0.4, -0.2) is 4.98 Å². The fraction of sp³-hybridized carbons (Fsp3) is 0.0500. The Labute approximate surface area is 145 Å². The van der Waals surface area contributed by atoms with Gasteiger partial charge in [-0.05, 0) is 35.4 Å². The summed E-state index contributed by atoms with van der Waals surface area (Å²) in [6.07, 6.45) is 4.16.